The maximum atomic E-state index is 5.70. The fraction of sp³-hybridized carbons (Fsp3) is 0.714. The lowest BCUT2D eigenvalue weighted by Gasteiger charge is -2.39. The molecular formula is C14H21N3O. The Kier molecular flexibility index (Phi) is 3.08. The molecule has 0 saturated heterocycles. The minimum absolute atomic E-state index is 0.198. The van der Waals surface area contributed by atoms with E-state index in [-0.39, 0.29) is 5.60 Å². The van der Waals surface area contributed by atoms with Gasteiger partial charge in [-0.3, -0.25) is 0 Å². The first kappa shape index (κ1) is 12.1. The van der Waals surface area contributed by atoms with E-state index < -0.39 is 0 Å². The second kappa shape index (κ2) is 4.59. The molecule has 1 aliphatic heterocycles. The van der Waals surface area contributed by atoms with Gasteiger partial charge in [-0.15, -0.1) is 0 Å². The quantitative estimate of drug-likeness (QED) is 0.883. The first-order valence-electron chi connectivity index (χ1n) is 6.94. The van der Waals surface area contributed by atoms with Crippen LogP contribution in [0.15, 0.2) is 0 Å². The average molecular weight is 247 g/mol. The van der Waals surface area contributed by atoms with Crippen molar-refractivity contribution in [3.05, 3.63) is 22.8 Å². The predicted molar refractivity (Wildman–Crippen MR) is 69.4 cm³/mol. The van der Waals surface area contributed by atoms with Crippen LogP contribution < -0.4 is 5.32 Å². The molecule has 0 radical (unpaired) electrons. The summed E-state index contributed by atoms with van der Waals surface area (Å²) < 4.78 is 5.70. The minimum atomic E-state index is -0.198. The Labute approximate surface area is 108 Å². The van der Waals surface area contributed by atoms with Crippen LogP contribution >= 0.6 is 0 Å². The lowest BCUT2D eigenvalue weighted by atomic mass is 9.79. The lowest BCUT2D eigenvalue weighted by Crippen LogP contribution is -2.39. The summed E-state index contributed by atoms with van der Waals surface area (Å²) in [5.74, 6) is 0.913. The Morgan fingerprint density at radius 1 is 1.33 bits per heavy atom. The van der Waals surface area contributed by atoms with Crippen molar-refractivity contribution in [1.82, 2.24) is 15.3 Å². The van der Waals surface area contributed by atoms with Gasteiger partial charge in [-0.2, -0.15) is 0 Å². The molecule has 0 unspecified atom stereocenters. The summed E-state index contributed by atoms with van der Waals surface area (Å²) in [7, 11) is 1.78. The summed E-state index contributed by atoms with van der Waals surface area (Å²) in [6, 6.07) is 0. The van der Waals surface area contributed by atoms with Crippen molar-refractivity contribution < 1.29 is 4.74 Å². The Bertz CT molecular complexity index is 432. The molecule has 18 heavy (non-hydrogen) atoms. The molecule has 0 amide bonds. The van der Waals surface area contributed by atoms with Crippen LogP contribution in [0.25, 0.3) is 0 Å². The number of aromatic nitrogens is 2. The van der Waals surface area contributed by atoms with Gasteiger partial charge >= 0.3 is 0 Å². The number of ether oxygens (including phenoxy) is 1. The van der Waals surface area contributed by atoms with Gasteiger partial charge in [0, 0.05) is 19.3 Å². The zero-order valence-corrected chi connectivity index (χ0v) is 11.3. The van der Waals surface area contributed by atoms with Crippen LogP contribution in [0.3, 0.4) is 0 Å². The molecular weight excluding hydrogens is 226 g/mol. The molecule has 1 aliphatic carbocycles. The standard InChI is InChI=1S/C14H21N3O/c1-3-11-10-5-8-15-9-12(10)17-13(16-11)14(18-2)6-4-7-14/h15H,3-9H2,1-2H3. The third kappa shape index (κ3) is 1.75. The van der Waals surface area contributed by atoms with E-state index in [1.54, 1.807) is 7.11 Å². The molecule has 98 valence electrons. The van der Waals surface area contributed by atoms with Gasteiger partial charge in [-0.05, 0) is 44.2 Å². The summed E-state index contributed by atoms with van der Waals surface area (Å²) in [6.07, 6.45) is 5.36. The third-order valence-electron chi connectivity index (χ3n) is 4.32. The fourth-order valence-electron chi connectivity index (χ4n) is 2.95. The van der Waals surface area contributed by atoms with E-state index in [9.17, 15) is 0 Å². The van der Waals surface area contributed by atoms with Crippen LogP contribution in [-0.4, -0.2) is 23.6 Å². The molecule has 1 saturated carbocycles. The van der Waals surface area contributed by atoms with Gasteiger partial charge in [0.1, 0.15) is 5.60 Å². The zero-order valence-electron chi connectivity index (χ0n) is 11.3. The summed E-state index contributed by atoms with van der Waals surface area (Å²) in [5, 5.41) is 3.39. The fourth-order valence-corrected chi connectivity index (χ4v) is 2.95. The van der Waals surface area contributed by atoms with Crippen molar-refractivity contribution in [2.24, 2.45) is 0 Å². The highest BCUT2D eigenvalue weighted by molar-refractivity contribution is 5.30. The second-order valence-electron chi connectivity index (χ2n) is 5.25. The Morgan fingerprint density at radius 3 is 2.78 bits per heavy atom. The zero-order chi connectivity index (χ0) is 12.6. The first-order chi connectivity index (χ1) is 8.79. The van der Waals surface area contributed by atoms with E-state index in [0.29, 0.717) is 0 Å². The van der Waals surface area contributed by atoms with Gasteiger partial charge in [0.15, 0.2) is 5.82 Å². The van der Waals surface area contributed by atoms with E-state index in [1.807, 2.05) is 0 Å². The van der Waals surface area contributed by atoms with Crippen LogP contribution in [0.1, 0.15) is 49.0 Å². The van der Waals surface area contributed by atoms with Gasteiger partial charge < -0.3 is 10.1 Å². The molecule has 4 nitrogen and oxygen atoms in total. The van der Waals surface area contributed by atoms with E-state index in [2.05, 4.69) is 12.2 Å². The SMILES string of the molecule is CCc1nc(C2(OC)CCC2)nc2c1CCNC2. The van der Waals surface area contributed by atoms with Crippen LogP contribution in [0, 0.1) is 0 Å². The number of aryl methyl sites for hydroxylation is 1. The predicted octanol–water partition coefficient (Wildman–Crippen LogP) is 1.71. The van der Waals surface area contributed by atoms with Crippen molar-refractivity contribution in [2.45, 2.75) is 51.2 Å². The summed E-state index contributed by atoms with van der Waals surface area (Å²) in [6.45, 7) is 4.09. The molecule has 2 aliphatic rings. The van der Waals surface area contributed by atoms with E-state index in [0.717, 1.165) is 44.6 Å². The maximum absolute atomic E-state index is 5.70. The Hall–Kier alpha value is -1.00. The molecule has 1 N–H and O–H groups in total. The lowest BCUT2D eigenvalue weighted by molar-refractivity contribution is -0.0849. The molecule has 2 heterocycles. The first-order valence-corrected chi connectivity index (χ1v) is 6.94. The number of nitrogens with zero attached hydrogens (tertiary/aromatic N) is 2. The Morgan fingerprint density at radius 2 is 2.17 bits per heavy atom. The topological polar surface area (TPSA) is 47.0 Å². The van der Waals surface area contributed by atoms with Gasteiger partial charge in [0.05, 0.1) is 5.69 Å². The molecule has 1 fully saturated rings. The van der Waals surface area contributed by atoms with E-state index in [4.69, 9.17) is 14.7 Å². The average Bonchev–Trinajstić information content (AvgIpc) is 2.37. The van der Waals surface area contributed by atoms with Crippen LogP contribution in [0.5, 0.6) is 0 Å². The largest absolute Gasteiger partial charge is 0.370 e. The van der Waals surface area contributed by atoms with Gasteiger partial charge in [-0.1, -0.05) is 6.92 Å². The molecule has 1 aromatic rings. The van der Waals surface area contributed by atoms with Gasteiger partial charge in [0.2, 0.25) is 0 Å². The maximum Gasteiger partial charge on any atom is 0.160 e. The molecule has 0 aromatic carbocycles. The second-order valence-corrected chi connectivity index (χ2v) is 5.25. The van der Waals surface area contributed by atoms with E-state index >= 15 is 0 Å². The van der Waals surface area contributed by atoms with Crippen LogP contribution in [-0.2, 0) is 29.7 Å². The highest BCUT2D eigenvalue weighted by Crippen LogP contribution is 2.43. The van der Waals surface area contributed by atoms with Crippen molar-refractivity contribution >= 4 is 0 Å². The summed E-state index contributed by atoms with van der Waals surface area (Å²) >= 11 is 0. The monoisotopic (exact) mass is 247 g/mol. The number of hydrogen-bond donors (Lipinski definition) is 1. The number of nitrogens with one attached hydrogen (secondary N) is 1. The van der Waals surface area contributed by atoms with Crippen LogP contribution in [0.2, 0.25) is 0 Å². The van der Waals surface area contributed by atoms with Gasteiger partial charge in [-0.25, -0.2) is 9.97 Å². The molecule has 3 rings (SSSR count). The molecule has 4 heteroatoms. The smallest absolute Gasteiger partial charge is 0.160 e. The van der Waals surface area contributed by atoms with Gasteiger partial charge in [0.25, 0.3) is 0 Å². The molecule has 0 spiro atoms. The van der Waals surface area contributed by atoms with Crippen molar-refractivity contribution in [3.8, 4) is 0 Å². The number of methoxy groups -OCH3 is 1. The van der Waals surface area contributed by atoms with Crippen molar-refractivity contribution in [2.75, 3.05) is 13.7 Å². The molecule has 1 aromatic heterocycles. The van der Waals surface area contributed by atoms with Crippen molar-refractivity contribution in [3.63, 3.8) is 0 Å². The summed E-state index contributed by atoms with van der Waals surface area (Å²) in [4.78, 5) is 9.59. The number of hydrogen-bond acceptors (Lipinski definition) is 4. The highest BCUT2D eigenvalue weighted by atomic mass is 16.5. The Balaban J connectivity index is 2.05. The third-order valence-corrected chi connectivity index (χ3v) is 4.32. The normalized spacial score (nSPS) is 21.2. The van der Waals surface area contributed by atoms with Crippen LogP contribution in [0.4, 0.5) is 0 Å². The minimum Gasteiger partial charge on any atom is -0.370 e. The number of fused-ring (bicyclic) bond motifs is 1. The van der Waals surface area contributed by atoms with E-state index in [1.165, 1.54) is 23.4 Å². The highest BCUT2D eigenvalue weighted by Gasteiger charge is 2.42. The number of rotatable bonds is 3. The van der Waals surface area contributed by atoms with Crippen molar-refractivity contribution in [1.29, 1.82) is 0 Å². The summed E-state index contributed by atoms with van der Waals surface area (Å²) in [5.41, 5.74) is 3.58. The molecule has 0 atom stereocenters. The molecule has 0 bridgehead atoms.